The molecule has 130 valence electrons. The molecule has 1 spiro atoms. The fourth-order valence-electron chi connectivity index (χ4n) is 4.51. The van der Waals surface area contributed by atoms with Crippen LogP contribution in [0.15, 0.2) is 12.4 Å². The highest BCUT2D eigenvalue weighted by Gasteiger charge is 2.45. The molecular weight excluding hydrogens is 318 g/mol. The van der Waals surface area contributed by atoms with Gasteiger partial charge >= 0.3 is 0 Å². The van der Waals surface area contributed by atoms with E-state index in [9.17, 15) is 0 Å². The lowest BCUT2D eigenvalue weighted by Crippen LogP contribution is -2.50. The highest BCUT2D eigenvalue weighted by Crippen LogP contribution is 2.48. The highest BCUT2D eigenvalue weighted by molar-refractivity contribution is 7.12. The number of likely N-dealkylation sites (tertiary alicyclic amines) is 1. The number of ether oxygens (including phenoxy) is 1. The third kappa shape index (κ3) is 2.63. The zero-order valence-corrected chi connectivity index (χ0v) is 15.9. The Morgan fingerprint density at radius 1 is 1.42 bits per heavy atom. The molecule has 0 aliphatic carbocycles. The minimum atomic E-state index is -0.0483. The first-order valence-corrected chi connectivity index (χ1v) is 9.75. The Bertz CT molecular complexity index is 750. The number of thiophene rings is 1. The maximum Gasteiger partial charge on any atom is 0.0971 e. The van der Waals surface area contributed by atoms with E-state index in [0.29, 0.717) is 6.04 Å². The normalized spacial score (nSPS) is 27.6. The van der Waals surface area contributed by atoms with Crippen molar-refractivity contribution in [1.29, 1.82) is 0 Å². The topological polar surface area (TPSA) is 30.3 Å². The van der Waals surface area contributed by atoms with Gasteiger partial charge in [-0.3, -0.25) is 9.58 Å². The van der Waals surface area contributed by atoms with Gasteiger partial charge in [0, 0.05) is 59.7 Å². The summed E-state index contributed by atoms with van der Waals surface area (Å²) in [6, 6.07) is 0.518. The predicted octanol–water partition coefficient (Wildman–Crippen LogP) is 3.55. The first kappa shape index (κ1) is 16.3. The Labute approximate surface area is 148 Å². The van der Waals surface area contributed by atoms with E-state index in [1.807, 2.05) is 29.3 Å². The van der Waals surface area contributed by atoms with Crippen LogP contribution < -0.4 is 0 Å². The molecular formula is C19H27N3OS. The molecule has 0 bridgehead atoms. The summed E-state index contributed by atoms with van der Waals surface area (Å²) in [5.74, 6) is 0. The fraction of sp³-hybridized carbons (Fsp3) is 0.632. The molecule has 0 radical (unpaired) electrons. The summed E-state index contributed by atoms with van der Waals surface area (Å²) in [6.45, 7) is 9.84. The van der Waals surface area contributed by atoms with E-state index < -0.39 is 0 Å². The van der Waals surface area contributed by atoms with Gasteiger partial charge in [-0.05, 0) is 39.2 Å². The van der Waals surface area contributed by atoms with Crippen LogP contribution in [0.4, 0.5) is 0 Å². The van der Waals surface area contributed by atoms with Gasteiger partial charge in [-0.2, -0.15) is 5.10 Å². The lowest BCUT2D eigenvalue weighted by Gasteiger charge is -2.47. The molecule has 4 nitrogen and oxygen atoms in total. The van der Waals surface area contributed by atoms with E-state index in [-0.39, 0.29) is 5.60 Å². The molecule has 2 aromatic heterocycles. The Morgan fingerprint density at radius 2 is 2.25 bits per heavy atom. The molecule has 5 heteroatoms. The molecule has 0 N–H and O–H groups in total. The van der Waals surface area contributed by atoms with Gasteiger partial charge in [0.05, 0.1) is 18.4 Å². The van der Waals surface area contributed by atoms with Crippen molar-refractivity contribution in [2.75, 3.05) is 13.2 Å². The third-order valence-electron chi connectivity index (χ3n) is 5.82. The van der Waals surface area contributed by atoms with Crippen LogP contribution in [0.25, 0.3) is 0 Å². The molecule has 0 saturated carbocycles. The average Bonchev–Trinajstić information content (AvgIpc) is 3.07. The number of nitrogens with zero attached hydrogens (tertiary/aromatic N) is 3. The van der Waals surface area contributed by atoms with Crippen molar-refractivity contribution >= 4 is 11.3 Å². The van der Waals surface area contributed by atoms with Crippen molar-refractivity contribution in [2.45, 2.75) is 58.2 Å². The van der Waals surface area contributed by atoms with Crippen molar-refractivity contribution in [3.63, 3.8) is 0 Å². The second-order valence-electron chi connectivity index (χ2n) is 7.47. The fourth-order valence-corrected chi connectivity index (χ4v) is 5.77. The van der Waals surface area contributed by atoms with E-state index in [1.165, 1.54) is 21.6 Å². The predicted molar refractivity (Wildman–Crippen MR) is 97.4 cm³/mol. The minimum absolute atomic E-state index is 0.0483. The molecule has 1 saturated heterocycles. The van der Waals surface area contributed by atoms with Crippen LogP contribution in [0.1, 0.15) is 46.2 Å². The van der Waals surface area contributed by atoms with Gasteiger partial charge in [-0.25, -0.2) is 0 Å². The van der Waals surface area contributed by atoms with Crippen LogP contribution in [0.5, 0.6) is 0 Å². The maximum absolute atomic E-state index is 6.46. The number of hydrogen-bond donors (Lipinski definition) is 0. The number of hydrogen-bond acceptors (Lipinski definition) is 4. The Kier molecular flexibility index (Phi) is 4.06. The summed E-state index contributed by atoms with van der Waals surface area (Å²) < 4.78 is 8.35. The number of piperidine rings is 1. The summed E-state index contributed by atoms with van der Waals surface area (Å²) in [4.78, 5) is 5.62. The lowest BCUT2D eigenvalue weighted by atomic mass is 9.77. The molecule has 2 unspecified atom stereocenters. The van der Waals surface area contributed by atoms with Gasteiger partial charge in [-0.1, -0.05) is 0 Å². The Morgan fingerprint density at radius 3 is 2.96 bits per heavy atom. The molecule has 2 aliphatic rings. The molecule has 4 heterocycles. The van der Waals surface area contributed by atoms with Gasteiger partial charge in [0.15, 0.2) is 0 Å². The number of aromatic nitrogens is 2. The number of fused-ring (bicyclic) bond motifs is 2. The van der Waals surface area contributed by atoms with Crippen LogP contribution in [0.2, 0.25) is 0 Å². The molecule has 0 amide bonds. The highest BCUT2D eigenvalue weighted by atomic mass is 32.1. The quantitative estimate of drug-likeness (QED) is 0.834. The second-order valence-corrected chi connectivity index (χ2v) is 8.78. The SMILES string of the molecule is Cc1sc2c(c1C)C1(CCN(Cc3cnn(C)c3)C(C)C1)OCC2. The van der Waals surface area contributed by atoms with Crippen LogP contribution >= 0.6 is 11.3 Å². The van der Waals surface area contributed by atoms with Crippen LogP contribution in [0.3, 0.4) is 0 Å². The van der Waals surface area contributed by atoms with Crippen molar-refractivity contribution in [3.8, 4) is 0 Å². The van der Waals surface area contributed by atoms with E-state index in [4.69, 9.17) is 4.74 Å². The zero-order valence-electron chi connectivity index (χ0n) is 15.1. The molecule has 2 aromatic rings. The first-order valence-electron chi connectivity index (χ1n) is 8.93. The van der Waals surface area contributed by atoms with Crippen LogP contribution in [-0.2, 0) is 30.4 Å². The Hall–Kier alpha value is -1.17. The van der Waals surface area contributed by atoms with Gasteiger partial charge in [0.1, 0.15) is 0 Å². The molecule has 24 heavy (non-hydrogen) atoms. The zero-order chi connectivity index (χ0) is 16.9. The van der Waals surface area contributed by atoms with Crippen molar-refractivity contribution in [1.82, 2.24) is 14.7 Å². The maximum atomic E-state index is 6.46. The van der Waals surface area contributed by atoms with E-state index >= 15 is 0 Å². The molecule has 1 fully saturated rings. The molecule has 2 aliphatic heterocycles. The van der Waals surface area contributed by atoms with Crippen molar-refractivity contribution in [2.24, 2.45) is 7.05 Å². The molecule has 0 aromatic carbocycles. The Balaban J connectivity index is 1.57. The van der Waals surface area contributed by atoms with Crippen molar-refractivity contribution in [3.05, 3.63) is 38.8 Å². The monoisotopic (exact) mass is 345 g/mol. The van der Waals surface area contributed by atoms with E-state index in [2.05, 4.69) is 37.0 Å². The standard InChI is InChI=1S/C19H27N3OS/c1-13-9-19(6-7-22(13)12-16-10-20-21(4)11-16)18-14(2)15(3)24-17(18)5-8-23-19/h10-11,13H,5-9,12H2,1-4H3. The van der Waals surface area contributed by atoms with E-state index in [0.717, 1.165) is 39.0 Å². The number of rotatable bonds is 2. The van der Waals surface area contributed by atoms with Gasteiger partial charge in [0.2, 0.25) is 0 Å². The summed E-state index contributed by atoms with van der Waals surface area (Å²) in [5, 5.41) is 4.30. The smallest absolute Gasteiger partial charge is 0.0971 e. The van der Waals surface area contributed by atoms with Gasteiger partial charge in [0.25, 0.3) is 0 Å². The second kappa shape index (κ2) is 5.97. The van der Waals surface area contributed by atoms with E-state index in [1.54, 1.807) is 4.88 Å². The van der Waals surface area contributed by atoms with Crippen LogP contribution in [0, 0.1) is 13.8 Å². The summed E-state index contributed by atoms with van der Waals surface area (Å²) >= 11 is 1.99. The third-order valence-corrected chi connectivity index (χ3v) is 7.08. The lowest BCUT2D eigenvalue weighted by molar-refractivity contribution is -0.112. The first-order chi connectivity index (χ1) is 11.5. The minimum Gasteiger partial charge on any atom is -0.370 e. The summed E-state index contributed by atoms with van der Waals surface area (Å²) in [5.41, 5.74) is 4.26. The van der Waals surface area contributed by atoms with Crippen molar-refractivity contribution < 1.29 is 4.74 Å². The largest absolute Gasteiger partial charge is 0.370 e. The molecule has 2 atom stereocenters. The average molecular weight is 346 g/mol. The summed E-state index contributed by atoms with van der Waals surface area (Å²) in [7, 11) is 1.98. The molecule has 4 rings (SSSR count). The van der Waals surface area contributed by atoms with Gasteiger partial charge < -0.3 is 4.74 Å². The summed E-state index contributed by atoms with van der Waals surface area (Å²) in [6.07, 6.45) is 7.39. The van der Waals surface area contributed by atoms with Crippen LogP contribution in [-0.4, -0.2) is 33.9 Å². The van der Waals surface area contributed by atoms with Gasteiger partial charge in [-0.15, -0.1) is 11.3 Å². The number of aryl methyl sites for hydroxylation is 2.